The van der Waals surface area contributed by atoms with E-state index in [1.165, 1.54) is 23.1 Å². The summed E-state index contributed by atoms with van der Waals surface area (Å²) in [7, 11) is 0. The van der Waals surface area contributed by atoms with Crippen LogP contribution in [0.3, 0.4) is 0 Å². The number of aromatic nitrogens is 2. The van der Waals surface area contributed by atoms with Crippen LogP contribution in [-0.2, 0) is 37.5 Å². The van der Waals surface area contributed by atoms with E-state index >= 15 is 0 Å². The number of thioether (sulfide) groups is 1. The summed E-state index contributed by atoms with van der Waals surface area (Å²) in [6, 6.07) is 4.05. The van der Waals surface area contributed by atoms with Gasteiger partial charge in [0.1, 0.15) is 10.1 Å². The van der Waals surface area contributed by atoms with Crippen molar-refractivity contribution in [2.75, 3.05) is 5.75 Å². The Kier molecular flexibility index (Phi) is 4.47. The van der Waals surface area contributed by atoms with Gasteiger partial charge in [-0.1, -0.05) is 10.9 Å². The maximum atomic E-state index is 10.8. The maximum absolute atomic E-state index is 10.8. The quantitative estimate of drug-likeness (QED) is 0.827. The normalized spacial score (nSPS) is 18.4. The molecule has 1 aliphatic heterocycles. The Bertz CT molecular complexity index is 595. The van der Waals surface area contributed by atoms with Crippen LogP contribution in [-0.4, -0.2) is 37.9 Å². The van der Waals surface area contributed by atoms with Crippen LogP contribution in [0.2, 0.25) is 0 Å². The smallest absolute Gasteiger partial charge is 0.329 e. The van der Waals surface area contributed by atoms with Crippen molar-refractivity contribution in [3.8, 4) is 0 Å². The molecule has 0 amide bonds. The molecule has 3 rings (SSSR count). The zero-order chi connectivity index (χ0) is 11.8. The first-order chi connectivity index (χ1) is 8.24. The summed E-state index contributed by atoms with van der Waals surface area (Å²) in [6.07, 6.45) is 1.56. The molecule has 0 bridgehead atoms. The Morgan fingerprint density at radius 1 is 1.56 bits per heavy atom. The van der Waals surface area contributed by atoms with E-state index in [4.69, 9.17) is 5.11 Å². The summed E-state index contributed by atoms with van der Waals surface area (Å²) in [5, 5.41) is 10.3. The minimum Gasteiger partial charge on any atom is -0.480 e. The number of rotatable bonds is 2. The summed E-state index contributed by atoms with van der Waals surface area (Å²) in [6.45, 7) is 0. The monoisotopic (exact) mass is 353 g/mol. The number of nitrogens with zero attached hydrogens (tertiary/aromatic N) is 3. The van der Waals surface area contributed by atoms with Crippen molar-refractivity contribution in [1.29, 1.82) is 0 Å². The van der Waals surface area contributed by atoms with Crippen LogP contribution >= 0.6 is 23.1 Å². The summed E-state index contributed by atoms with van der Waals surface area (Å²) >= 11 is 2.89. The maximum Gasteiger partial charge on any atom is 0.329 e. The van der Waals surface area contributed by atoms with Gasteiger partial charge in [-0.25, -0.2) is 33.2 Å². The van der Waals surface area contributed by atoms with Gasteiger partial charge in [-0.15, -0.1) is 11.8 Å². The summed E-state index contributed by atoms with van der Waals surface area (Å²) in [4.78, 5) is 23.4. The van der Waals surface area contributed by atoms with Gasteiger partial charge in [0.05, 0.1) is 5.65 Å². The van der Waals surface area contributed by atoms with Crippen molar-refractivity contribution in [2.24, 2.45) is 4.99 Å². The number of fused-ring (bicyclic) bond motifs is 1. The van der Waals surface area contributed by atoms with E-state index in [1.54, 1.807) is 6.20 Å². The Morgan fingerprint density at radius 3 is 3.06 bits per heavy atom. The van der Waals surface area contributed by atoms with Gasteiger partial charge in [0.15, 0.2) is 6.04 Å². The number of pyridine rings is 1. The molecule has 1 unspecified atom stereocenters. The van der Waals surface area contributed by atoms with Gasteiger partial charge < -0.3 is 5.11 Å². The minimum atomic E-state index is -0.889. The predicted molar refractivity (Wildman–Crippen MR) is 66.7 cm³/mol. The third-order valence-corrected chi connectivity index (χ3v) is 4.41. The van der Waals surface area contributed by atoms with Crippen molar-refractivity contribution < 1.29 is 42.6 Å². The topological polar surface area (TPSA) is 75.4 Å². The van der Waals surface area contributed by atoms with Crippen LogP contribution in [0, 0.1) is 6.07 Å². The third kappa shape index (κ3) is 2.64. The first-order valence-corrected chi connectivity index (χ1v) is 6.60. The Labute approximate surface area is 136 Å². The molecule has 0 saturated carbocycles. The van der Waals surface area contributed by atoms with Crippen molar-refractivity contribution in [3.63, 3.8) is 0 Å². The number of carboxylic acid groups (broad SMARTS) is 1. The summed E-state index contributed by atoms with van der Waals surface area (Å²) in [5.41, 5.74) is 0.658. The van der Waals surface area contributed by atoms with Crippen LogP contribution in [0.5, 0.6) is 0 Å². The number of aliphatic carboxylic acids is 1. The van der Waals surface area contributed by atoms with Gasteiger partial charge >= 0.3 is 5.97 Å². The van der Waals surface area contributed by atoms with Gasteiger partial charge in [0.2, 0.25) is 0 Å². The third-order valence-electron chi connectivity index (χ3n) is 2.23. The number of carbonyl (C=O) groups is 1. The number of hydrogen-bond donors (Lipinski definition) is 1. The molecular weight excluding hydrogens is 347 g/mol. The molecule has 0 aliphatic carbocycles. The fraction of sp³-hybridized carbons (Fsp3) is 0.200. The van der Waals surface area contributed by atoms with Crippen LogP contribution in [0.25, 0.3) is 10.3 Å². The fourth-order valence-corrected chi connectivity index (χ4v) is 3.43. The number of carboxylic acids is 1. The molecule has 3 heterocycles. The zero-order valence-corrected chi connectivity index (χ0v) is 13.5. The van der Waals surface area contributed by atoms with Gasteiger partial charge in [0, 0.05) is 38.5 Å². The molecule has 0 aromatic carbocycles. The zero-order valence-electron chi connectivity index (χ0n) is 9.03. The van der Waals surface area contributed by atoms with Crippen molar-refractivity contribution >= 4 is 44.5 Å². The van der Waals surface area contributed by atoms with Crippen molar-refractivity contribution in [2.45, 2.75) is 6.04 Å². The second-order valence-electron chi connectivity index (χ2n) is 3.38. The number of thiazole rings is 1. The van der Waals surface area contributed by atoms with Gasteiger partial charge in [-0.3, -0.25) is 9.98 Å². The SMILES string of the molecule is O=C(O)C1CSC(c2nc3nc[c-]cc3s2)=N1.[Y]. The van der Waals surface area contributed by atoms with Crippen LogP contribution in [0.15, 0.2) is 17.3 Å². The molecule has 0 spiro atoms. The summed E-state index contributed by atoms with van der Waals surface area (Å²) in [5.74, 6) is -0.416. The molecule has 18 heavy (non-hydrogen) atoms. The second-order valence-corrected chi connectivity index (χ2v) is 5.41. The van der Waals surface area contributed by atoms with Gasteiger partial charge in [0.25, 0.3) is 0 Å². The van der Waals surface area contributed by atoms with Gasteiger partial charge in [-0.05, 0) is 0 Å². The largest absolute Gasteiger partial charge is 0.480 e. The molecule has 1 N–H and O–H groups in total. The molecule has 0 saturated heterocycles. The van der Waals surface area contributed by atoms with E-state index in [0.717, 1.165) is 9.71 Å². The van der Waals surface area contributed by atoms with E-state index in [0.29, 0.717) is 16.4 Å². The first-order valence-electron chi connectivity index (χ1n) is 4.80. The van der Waals surface area contributed by atoms with Crippen LogP contribution in [0.4, 0.5) is 0 Å². The average molecular weight is 353 g/mol. The number of aliphatic imine (C=N–C) groups is 1. The summed E-state index contributed by atoms with van der Waals surface area (Å²) < 4.78 is 0.935. The van der Waals surface area contributed by atoms with E-state index in [1.807, 2.05) is 6.07 Å². The molecule has 1 radical (unpaired) electrons. The standard InChI is InChI=1S/C10H6N3O2S2.Y/c14-10(15)5-4-16-8(12-5)9-13-7-6(17-9)2-1-3-11-7;/h2-3,5H,4H2,(H,14,15);/q-1;. The Morgan fingerprint density at radius 2 is 2.39 bits per heavy atom. The van der Waals surface area contributed by atoms with Crippen molar-refractivity contribution in [1.82, 2.24) is 9.97 Å². The van der Waals surface area contributed by atoms with Crippen LogP contribution < -0.4 is 0 Å². The number of hydrogen-bond acceptors (Lipinski definition) is 6. The average Bonchev–Trinajstić information content (AvgIpc) is 2.95. The molecule has 8 heteroatoms. The molecular formula is C10H6N3O2S2Y-. The van der Waals surface area contributed by atoms with Gasteiger partial charge in [-0.2, -0.15) is 0 Å². The molecule has 2 aromatic rings. The first kappa shape index (κ1) is 14.1. The molecule has 1 aliphatic rings. The van der Waals surface area contributed by atoms with Crippen molar-refractivity contribution in [3.05, 3.63) is 23.3 Å². The molecule has 0 fully saturated rings. The second kappa shape index (κ2) is 5.73. The van der Waals surface area contributed by atoms with E-state index in [-0.39, 0.29) is 32.7 Å². The van der Waals surface area contributed by atoms with E-state index < -0.39 is 12.0 Å². The van der Waals surface area contributed by atoms with E-state index in [9.17, 15) is 4.79 Å². The van der Waals surface area contributed by atoms with Crippen LogP contribution in [0.1, 0.15) is 5.01 Å². The predicted octanol–water partition coefficient (Wildman–Crippen LogP) is 1.44. The Hall–Kier alpha value is -0.366. The molecule has 5 nitrogen and oxygen atoms in total. The minimum absolute atomic E-state index is 0. The fourth-order valence-electron chi connectivity index (χ4n) is 1.43. The molecule has 89 valence electrons. The Balaban J connectivity index is 0.00000120. The molecule has 2 aromatic heterocycles. The molecule has 1 atom stereocenters. The van der Waals surface area contributed by atoms with E-state index in [2.05, 4.69) is 21.0 Å².